The van der Waals surface area contributed by atoms with Crippen molar-refractivity contribution in [1.29, 1.82) is 0 Å². The Morgan fingerprint density at radius 3 is 2.24 bits per heavy atom. The third kappa shape index (κ3) is 3.03. The maximum Gasteiger partial charge on any atom is 0.402 e. The summed E-state index contributed by atoms with van der Waals surface area (Å²) >= 11 is 3.21. The second kappa shape index (κ2) is 5.93. The van der Waals surface area contributed by atoms with Crippen molar-refractivity contribution in [2.45, 2.75) is 0 Å². The molecule has 0 unspecified atom stereocenters. The number of halogens is 1. The third-order valence-electron chi connectivity index (χ3n) is 2.77. The number of hydrogen-bond donors (Lipinski definition) is 0. The van der Waals surface area contributed by atoms with Crippen LogP contribution >= 0.6 is 15.9 Å². The lowest BCUT2D eigenvalue weighted by Gasteiger charge is -2.06. The Kier molecular flexibility index (Phi) is 3.83. The minimum Gasteiger partial charge on any atom is -0.411 e. The zero-order valence-electron chi connectivity index (χ0n) is 10.8. The van der Waals surface area contributed by atoms with Crippen molar-refractivity contribution < 1.29 is 9.15 Å². The van der Waals surface area contributed by atoms with Crippen LogP contribution in [0.15, 0.2) is 74.3 Å². The fraction of sp³-hybridized carbons (Fsp3) is 0. The molecule has 0 aliphatic rings. The van der Waals surface area contributed by atoms with E-state index in [1.807, 2.05) is 48.5 Å². The molecule has 0 aliphatic carbocycles. The molecule has 2 aromatic carbocycles. The van der Waals surface area contributed by atoms with Crippen molar-refractivity contribution in [3.8, 4) is 23.1 Å². The van der Waals surface area contributed by atoms with Crippen LogP contribution in [-0.4, -0.2) is 4.98 Å². The molecule has 1 aromatic heterocycles. The van der Waals surface area contributed by atoms with E-state index < -0.39 is 5.63 Å². The van der Waals surface area contributed by atoms with Gasteiger partial charge in [0.25, 0.3) is 0 Å². The van der Waals surface area contributed by atoms with Crippen LogP contribution in [0.4, 0.5) is 0 Å². The van der Waals surface area contributed by atoms with Crippen molar-refractivity contribution in [1.82, 2.24) is 4.98 Å². The van der Waals surface area contributed by atoms with Crippen LogP contribution in [0.1, 0.15) is 0 Å². The maximum atomic E-state index is 11.9. The number of hydrogen-bond acceptors (Lipinski definition) is 4. The maximum absolute atomic E-state index is 11.9. The first-order chi connectivity index (χ1) is 10.2. The summed E-state index contributed by atoms with van der Waals surface area (Å²) in [6.07, 6.45) is -0.0896. The summed E-state index contributed by atoms with van der Waals surface area (Å²) in [6.45, 7) is 0. The molecule has 0 radical (unpaired) electrons. The van der Waals surface area contributed by atoms with E-state index in [0.717, 1.165) is 5.56 Å². The second-order valence-corrected chi connectivity index (χ2v) is 5.00. The smallest absolute Gasteiger partial charge is 0.402 e. The van der Waals surface area contributed by atoms with Gasteiger partial charge in [0, 0.05) is 5.56 Å². The average Bonchev–Trinajstić information content (AvgIpc) is 2.52. The van der Waals surface area contributed by atoms with Gasteiger partial charge in [-0.15, -0.1) is 0 Å². The predicted molar refractivity (Wildman–Crippen MR) is 82.4 cm³/mol. The molecular formula is C16H10BrNO3. The Hall–Kier alpha value is -2.40. The first-order valence-electron chi connectivity index (χ1n) is 6.23. The van der Waals surface area contributed by atoms with Gasteiger partial charge in [-0.25, -0.2) is 4.79 Å². The fourth-order valence-electron chi connectivity index (χ4n) is 1.80. The van der Waals surface area contributed by atoms with E-state index in [4.69, 9.17) is 9.15 Å². The van der Waals surface area contributed by atoms with Crippen molar-refractivity contribution in [2.75, 3.05) is 0 Å². The lowest BCUT2D eigenvalue weighted by atomic mass is 10.1. The van der Waals surface area contributed by atoms with Crippen molar-refractivity contribution in [2.24, 2.45) is 0 Å². The minimum absolute atomic E-state index is 0.0896. The monoisotopic (exact) mass is 343 g/mol. The summed E-state index contributed by atoms with van der Waals surface area (Å²) in [5, 5.41) is 0. The van der Waals surface area contributed by atoms with Crippen LogP contribution in [-0.2, 0) is 0 Å². The number of ether oxygens (including phenoxy) is 1. The van der Waals surface area contributed by atoms with Crippen LogP contribution in [0.2, 0.25) is 0 Å². The molecular weight excluding hydrogens is 334 g/mol. The van der Waals surface area contributed by atoms with Gasteiger partial charge >= 0.3 is 11.7 Å². The fourth-order valence-corrected chi connectivity index (χ4v) is 2.20. The summed E-state index contributed by atoms with van der Waals surface area (Å²) in [7, 11) is 0. The Balaban J connectivity index is 2.04. The topological polar surface area (TPSA) is 52.3 Å². The van der Waals surface area contributed by atoms with Crippen LogP contribution in [0.3, 0.4) is 0 Å². The third-order valence-corrected chi connectivity index (χ3v) is 3.47. The number of nitrogens with zero attached hydrogens (tertiary/aromatic N) is 1. The largest absolute Gasteiger partial charge is 0.411 e. The number of benzene rings is 2. The van der Waals surface area contributed by atoms with Crippen molar-refractivity contribution in [3.63, 3.8) is 0 Å². The molecule has 21 heavy (non-hydrogen) atoms. The second-order valence-electron chi connectivity index (χ2n) is 4.21. The van der Waals surface area contributed by atoms with Crippen molar-refractivity contribution in [3.05, 3.63) is 75.6 Å². The molecule has 0 N–H and O–H groups in total. The predicted octanol–water partition coefficient (Wildman–Crippen LogP) is 4.26. The molecule has 0 saturated carbocycles. The van der Waals surface area contributed by atoms with Gasteiger partial charge in [0.2, 0.25) is 0 Å². The summed E-state index contributed by atoms with van der Waals surface area (Å²) in [4.78, 5) is 16.2. The van der Waals surface area contributed by atoms with Gasteiger partial charge in [-0.05, 0) is 28.1 Å². The molecule has 0 saturated heterocycles. The quantitative estimate of drug-likeness (QED) is 0.713. The summed E-state index contributed by atoms with van der Waals surface area (Å²) in [6, 6.07) is 18.4. The molecule has 3 rings (SSSR count). The van der Waals surface area contributed by atoms with E-state index in [0.29, 0.717) is 11.4 Å². The van der Waals surface area contributed by atoms with Gasteiger partial charge in [-0.3, -0.25) is 0 Å². The highest BCUT2D eigenvalue weighted by atomic mass is 79.9. The molecule has 0 spiro atoms. The zero-order valence-corrected chi connectivity index (χ0v) is 12.4. The van der Waals surface area contributed by atoms with E-state index in [1.165, 1.54) is 0 Å². The zero-order chi connectivity index (χ0) is 14.7. The van der Waals surface area contributed by atoms with E-state index in [1.54, 1.807) is 12.1 Å². The average molecular weight is 344 g/mol. The van der Waals surface area contributed by atoms with Crippen molar-refractivity contribution >= 4 is 15.9 Å². The van der Waals surface area contributed by atoms with Gasteiger partial charge in [0.05, 0.1) is 5.69 Å². The highest BCUT2D eigenvalue weighted by molar-refractivity contribution is 9.10. The van der Waals surface area contributed by atoms with Gasteiger partial charge in [0.1, 0.15) is 10.2 Å². The van der Waals surface area contributed by atoms with Gasteiger partial charge in [0.15, 0.2) is 0 Å². The van der Waals surface area contributed by atoms with Crippen LogP contribution in [0.5, 0.6) is 11.8 Å². The van der Waals surface area contributed by atoms with Gasteiger partial charge < -0.3 is 9.15 Å². The van der Waals surface area contributed by atoms with Gasteiger partial charge in [-0.2, -0.15) is 4.98 Å². The first kappa shape index (κ1) is 13.6. The highest BCUT2D eigenvalue weighted by Crippen LogP contribution is 2.27. The molecule has 0 amide bonds. The Bertz CT molecular complexity index is 801. The summed E-state index contributed by atoms with van der Waals surface area (Å²) in [5.74, 6) is 0.550. The molecule has 0 bridgehead atoms. The summed E-state index contributed by atoms with van der Waals surface area (Å²) in [5.41, 5.74) is 0.753. The highest BCUT2D eigenvalue weighted by Gasteiger charge is 2.14. The van der Waals surface area contributed by atoms with E-state index in [-0.39, 0.29) is 10.5 Å². The van der Waals surface area contributed by atoms with Crippen LogP contribution < -0.4 is 10.4 Å². The molecule has 104 valence electrons. The summed E-state index contributed by atoms with van der Waals surface area (Å²) < 4.78 is 10.8. The number of rotatable bonds is 3. The standard InChI is InChI=1S/C16H10BrNO3/c17-13-14(11-7-3-1-4-8-11)18-16(21-15(13)19)20-12-9-5-2-6-10-12/h1-10H. The molecule has 1 heterocycles. The molecule has 3 aromatic rings. The molecule has 4 nitrogen and oxygen atoms in total. The van der Waals surface area contributed by atoms with E-state index >= 15 is 0 Å². The number of para-hydroxylation sites is 1. The Labute approximate surface area is 129 Å². The SMILES string of the molecule is O=c1oc(Oc2ccccc2)nc(-c2ccccc2)c1Br. The first-order valence-corrected chi connectivity index (χ1v) is 7.02. The molecule has 5 heteroatoms. The number of aromatic nitrogens is 1. The molecule has 0 aliphatic heterocycles. The van der Waals surface area contributed by atoms with Crippen LogP contribution in [0, 0.1) is 0 Å². The normalized spacial score (nSPS) is 10.3. The van der Waals surface area contributed by atoms with Crippen LogP contribution in [0.25, 0.3) is 11.3 Å². The minimum atomic E-state index is -0.533. The molecule has 0 atom stereocenters. The Morgan fingerprint density at radius 1 is 0.952 bits per heavy atom. The lowest BCUT2D eigenvalue weighted by Crippen LogP contribution is -2.05. The molecule has 0 fully saturated rings. The lowest BCUT2D eigenvalue weighted by molar-refractivity contribution is 0.301. The van der Waals surface area contributed by atoms with E-state index in [2.05, 4.69) is 20.9 Å². The van der Waals surface area contributed by atoms with Gasteiger partial charge in [-0.1, -0.05) is 48.5 Å². The Morgan fingerprint density at radius 2 is 1.57 bits per heavy atom. The van der Waals surface area contributed by atoms with E-state index in [9.17, 15) is 4.79 Å².